The predicted octanol–water partition coefficient (Wildman–Crippen LogP) is 3.10. The maximum atomic E-state index is 12.4. The highest BCUT2D eigenvalue weighted by Gasteiger charge is 2.23. The number of alkyl carbamates (subject to hydrolysis) is 1. The SMILES string of the molecule is CCOC(C)OCC(CCC(=O)CS(=O)(=O)c1ccccc1)NC(=O)OC(C)(C)C. The predicted molar refractivity (Wildman–Crippen MR) is 113 cm³/mol. The van der Waals surface area contributed by atoms with E-state index in [2.05, 4.69) is 5.32 Å². The van der Waals surface area contributed by atoms with Gasteiger partial charge in [0, 0.05) is 13.0 Å². The standard InChI is InChI=1S/C21H33NO7S/c1-6-27-16(2)28-14-17(22-20(24)29-21(3,4)5)12-13-18(23)15-30(25,26)19-10-8-7-9-11-19/h7-11,16-17H,6,12-15H2,1-5H3,(H,22,24). The van der Waals surface area contributed by atoms with E-state index in [1.165, 1.54) is 12.1 Å². The molecule has 2 atom stereocenters. The van der Waals surface area contributed by atoms with Crippen LogP contribution in [0.2, 0.25) is 0 Å². The van der Waals surface area contributed by atoms with Gasteiger partial charge in [0.1, 0.15) is 17.1 Å². The molecule has 0 aromatic heterocycles. The molecule has 1 rings (SSSR count). The molecule has 30 heavy (non-hydrogen) atoms. The summed E-state index contributed by atoms with van der Waals surface area (Å²) < 4.78 is 40.8. The highest BCUT2D eigenvalue weighted by Crippen LogP contribution is 2.13. The van der Waals surface area contributed by atoms with Crippen LogP contribution in [0.3, 0.4) is 0 Å². The monoisotopic (exact) mass is 443 g/mol. The number of carbonyl (C=O) groups excluding carboxylic acids is 2. The van der Waals surface area contributed by atoms with Gasteiger partial charge in [-0.2, -0.15) is 0 Å². The zero-order chi connectivity index (χ0) is 22.8. The Bertz CT molecular complexity index is 772. The van der Waals surface area contributed by atoms with Crippen LogP contribution in [0.1, 0.15) is 47.5 Å². The lowest BCUT2D eigenvalue weighted by Gasteiger charge is -2.24. The summed E-state index contributed by atoms with van der Waals surface area (Å²) in [5, 5.41) is 2.68. The minimum absolute atomic E-state index is 0.0289. The molecule has 0 aliphatic carbocycles. The molecule has 1 aromatic carbocycles. The molecule has 2 unspecified atom stereocenters. The van der Waals surface area contributed by atoms with Gasteiger partial charge in [0.2, 0.25) is 0 Å². The molecular formula is C21H33NO7S. The first kappa shape index (κ1) is 26.1. The number of nitrogens with one attached hydrogen (secondary N) is 1. The zero-order valence-corrected chi connectivity index (χ0v) is 19.2. The molecule has 0 aliphatic heterocycles. The van der Waals surface area contributed by atoms with Gasteiger partial charge in [-0.15, -0.1) is 0 Å². The van der Waals surface area contributed by atoms with E-state index in [1.807, 2.05) is 6.92 Å². The first-order chi connectivity index (χ1) is 13.9. The highest BCUT2D eigenvalue weighted by molar-refractivity contribution is 7.92. The van der Waals surface area contributed by atoms with E-state index >= 15 is 0 Å². The van der Waals surface area contributed by atoms with Crippen molar-refractivity contribution < 1.29 is 32.2 Å². The van der Waals surface area contributed by atoms with Gasteiger partial charge >= 0.3 is 6.09 Å². The smallest absolute Gasteiger partial charge is 0.407 e. The van der Waals surface area contributed by atoms with Crippen molar-refractivity contribution in [3.63, 3.8) is 0 Å². The normalized spacial score (nSPS) is 14.0. The van der Waals surface area contributed by atoms with Crippen molar-refractivity contribution in [3.05, 3.63) is 30.3 Å². The molecule has 1 N–H and O–H groups in total. The number of benzene rings is 1. The van der Waals surface area contributed by atoms with Crippen molar-refractivity contribution in [1.29, 1.82) is 0 Å². The van der Waals surface area contributed by atoms with Crippen LogP contribution in [0.4, 0.5) is 4.79 Å². The van der Waals surface area contributed by atoms with Crippen molar-refractivity contribution in [2.24, 2.45) is 0 Å². The molecule has 8 nitrogen and oxygen atoms in total. The van der Waals surface area contributed by atoms with Crippen LogP contribution in [0.5, 0.6) is 0 Å². The largest absolute Gasteiger partial charge is 0.444 e. The van der Waals surface area contributed by atoms with Gasteiger partial charge in [0.25, 0.3) is 0 Å². The summed E-state index contributed by atoms with van der Waals surface area (Å²) in [5.41, 5.74) is -0.673. The van der Waals surface area contributed by atoms with Gasteiger partial charge in [-0.3, -0.25) is 4.79 Å². The van der Waals surface area contributed by atoms with Crippen molar-refractivity contribution in [1.82, 2.24) is 5.32 Å². The van der Waals surface area contributed by atoms with E-state index in [0.29, 0.717) is 6.61 Å². The lowest BCUT2D eigenvalue weighted by atomic mass is 10.1. The van der Waals surface area contributed by atoms with E-state index < -0.39 is 45.4 Å². The van der Waals surface area contributed by atoms with Crippen LogP contribution < -0.4 is 5.32 Å². The van der Waals surface area contributed by atoms with Gasteiger partial charge < -0.3 is 19.5 Å². The van der Waals surface area contributed by atoms with Gasteiger partial charge in [0.05, 0.1) is 17.5 Å². The molecular weight excluding hydrogens is 410 g/mol. The Morgan fingerprint density at radius 1 is 1.10 bits per heavy atom. The Morgan fingerprint density at radius 2 is 1.73 bits per heavy atom. The Labute approximate surface area is 179 Å². The maximum Gasteiger partial charge on any atom is 0.407 e. The van der Waals surface area contributed by atoms with Crippen LogP contribution in [0.15, 0.2) is 35.2 Å². The number of rotatable bonds is 12. The maximum absolute atomic E-state index is 12.4. The van der Waals surface area contributed by atoms with E-state index in [4.69, 9.17) is 14.2 Å². The Morgan fingerprint density at radius 3 is 2.30 bits per heavy atom. The number of carbonyl (C=O) groups is 2. The molecule has 0 radical (unpaired) electrons. The van der Waals surface area contributed by atoms with E-state index in [0.717, 1.165) is 0 Å². The summed E-state index contributed by atoms with van der Waals surface area (Å²) in [6.07, 6.45) is -0.934. The van der Waals surface area contributed by atoms with Gasteiger partial charge in [0.15, 0.2) is 16.1 Å². The molecule has 1 aromatic rings. The van der Waals surface area contributed by atoms with Gasteiger partial charge in [-0.1, -0.05) is 18.2 Å². The van der Waals surface area contributed by atoms with Crippen LogP contribution in [0.25, 0.3) is 0 Å². The summed E-state index contributed by atoms with van der Waals surface area (Å²) in [6, 6.07) is 7.30. The summed E-state index contributed by atoms with van der Waals surface area (Å²) in [7, 11) is -3.70. The summed E-state index contributed by atoms with van der Waals surface area (Å²) in [5.74, 6) is -1.03. The molecule has 170 valence electrons. The molecule has 9 heteroatoms. The molecule has 0 fully saturated rings. The molecule has 1 amide bonds. The van der Waals surface area contributed by atoms with Gasteiger partial charge in [-0.05, 0) is 53.2 Å². The Kier molecular flexibility index (Phi) is 10.4. The first-order valence-corrected chi connectivity index (χ1v) is 11.6. The number of Topliss-reactive ketones (excluding diaryl/α,β-unsaturated/α-hetero) is 1. The number of hydrogen-bond donors (Lipinski definition) is 1. The average Bonchev–Trinajstić information content (AvgIpc) is 2.63. The summed E-state index contributed by atoms with van der Waals surface area (Å²) in [4.78, 5) is 24.5. The minimum atomic E-state index is -3.70. The number of ether oxygens (including phenoxy) is 3. The van der Waals surface area contributed by atoms with Crippen molar-refractivity contribution in [2.45, 2.75) is 70.3 Å². The number of ketones is 1. The number of hydrogen-bond acceptors (Lipinski definition) is 7. The zero-order valence-electron chi connectivity index (χ0n) is 18.3. The van der Waals surface area contributed by atoms with E-state index in [9.17, 15) is 18.0 Å². The molecule has 0 heterocycles. The van der Waals surface area contributed by atoms with Crippen LogP contribution in [-0.4, -0.2) is 57.2 Å². The van der Waals surface area contributed by atoms with E-state index in [-0.39, 0.29) is 24.3 Å². The fraction of sp³-hybridized carbons (Fsp3) is 0.619. The summed E-state index contributed by atoms with van der Waals surface area (Å²) >= 11 is 0. The van der Waals surface area contributed by atoms with Crippen molar-refractivity contribution in [3.8, 4) is 0 Å². The van der Waals surface area contributed by atoms with E-state index in [1.54, 1.807) is 45.9 Å². The second kappa shape index (κ2) is 12.0. The van der Waals surface area contributed by atoms with Crippen molar-refractivity contribution in [2.75, 3.05) is 19.0 Å². The number of amides is 1. The fourth-order valence-corrected chi connectivity index (χ4v) is 3.84. The van der Waals surface area contributed by atoms with Crippen LogP contribution in [0, 0.1) is 0 Å². The fourth-order valence-electron chi connectivity index (χ4n) is 2.54. The topological polar surface area (TPSA) is 108 Å². The average molecular weight is 444 g/mol. The quantitative estimate of drug-likeness (QED) is 0.495. The highest BCUT2D eigenvalue weighted by atomic mass is 32.2. The van der Waals surface area contributed by atoms with Crippen molar-refractivity contribution >= 4 is 21.7 Å². The first-order valence-electron chi connectivity index (χ1n) is 9.95. The van der Waals surface area contributed by atoms with Crippen LogP contribution in [-0.2, 0) is 28.8 Å². The third-order valence-corrected chi connectivity index (χ3v) is 5.57. The lowest BCUT2D eigenvalue weighted by molar-refractivity contribution is -0.132. The molecule has 0 bridgehead atoms. The van der Waals surface area contributed by atoms with Gasteiger partial charge in [-0.25, -0.2) is 13.2 Å². The third-order valence-electron chi connectivity index (χ3n) is 3.88. The van der Waals surface area contributed by atoms with Crippen LogP contribution >= 0.6 is 0 Å². The summed E-state index contributed by atoms with van der Waals surface area (Å²) in [6.45, 7) is 9.36. The molecule has 0 spiro atoms. The lowest BCUT2D eigenvalue weighted by Crippen LogP contribution is -2.42. The number of sulfone groups is 1. The Balaban J connectivity index is 2.68. The molecule has 0 saturated carbocycles. The minimum Gasteiger partial charge on any atom is -0.444 e. The second-order valence-corrected chi connectivity index (χ2v) is 9.84. The Hall–Kier alpha value is -1.97. The second-order valence-electron chi connectivity index (χ2n) is 7.85. The molecule has 0 saturated heterocycles. The molecule has 0 aliphatic rings. The third kappa shape index (κ3) is 10.7.